The lowest BCUT2D eigenvalue weighted by Gasteiger charge is -2.24. The van der Waals surface area contributed by atoms with E-state index in [-0.39, 0.29) is 6.04 Å². The highest BCUT2D eigenvalue weighted by molar-refractivity contribution is 5.45. The van der Waals surface area contributed by atoms with E-state index in [4.69, 9.17) is 9.47 Å². The van der Waals surface area contributed by atoms with Crippen molar-refractivity contribution >= 4 is 0 Å². The summed E-state index contributed by atoms with van der Waals surface area (Å²) in [4.78, 5) is 0. The molecule has 2 fully saturated rings. The van der Waals surface area contributed by atoms with Crippen LogP contribution in [-0.2, 0) is 0 Å². The van der Waals surface area contributed by atoms with Gasteiger partial charge in [0, 0.05) is 6.54 Å². The lowest BCUT2D eigenvalue weighted by molar-refractivity contribution is 0.133. The number of nitrogens with one attached hydrogen (secondary N) is 1. The van der Waals surface area contributed by atoms with E-state index in [1.807, 2.05) is 18.2 Å². The summed E-state index contributed by atoms with van der Waals surface area (Å²) < 4.78 is 11.7. The zero-order chi connectivity index (χ0) is 16.2. The molecule has 0 radical (unpaired) electrons. The van der Waals surface area contributed by atoms with Crippen molar-refractivity contribution < 1.29 is 9.47 Å². The Labute approximate surface area is 138 Å². The van der Waals surface area contributed by atoms with Gasteiger partial charge >= 0.3 is 0 Å². The Balaban J connectivity index is 1.78. The maximum atomic E-state index is 9.37. The van der Waals surface area contributed by atoms with Gasteiger partial charge in [0.05, 0.1) is 13.2 Å². The van der Waals surface area contributed by atoms with Gasteiger partial charge in [-0.25, -0.2) is 0 Å². The van der Waals surface area contributed by atoms with Crippen LogP contribution in [0.25, 0.3) is 0 Å². The molecular formula is C19H24N2O2. The number of methoxy groups -OCH3 is 1. The number of rotatable bonds is 7. The minimum atomic E-state index is -0.374. The van der Waals surface area contributed by atoms with Gasteiger partial charge in [0.15, 0.2) is 11.5 Å². The summed E-state index contributed by atoms with van der Waals surface area (Å²) >= 11 is 0. The van der Waals surface area contributed by atoms with E-state index < -0.39 is 0 Å². The Morgan fingerprint density at radius 1 is 1.39 bits per heavy atom. The molecule has 0 aromatic heterocycles. The molecule has 1 aromatic rings. The van der Waals surface area contributed by atoms with Crippen LogP contribution < -0.4 is 14.8 Å². The van der Waals surface area contributed by atoms with Gasteiger partial charge in [-0.2, -0.15) is 5.26 Å². The summed E-state index contributed by atoms with van der Waals surface area (Å²) in [5.74, 6) is 3.00. The Hall–Kier alpha value is -1.99. The second kappa shape index (κ2) is 7.06. The van der Waals surface area contributed by atoms with E-state index in [9.17, 15) is 5.26 Å². The maximum absolute atomic E-state index is 9.37. The molecule has 0 saturated heterocycles. The van der Waals surface area contributed by atoms with Gasteiger partial charge in [0.1, 0.15) is 12.1 Å². The molecule has 2 aliphatic carbocycles. The molecule has 23 heavy (non-hydrogen) atoms. The van der Waals surface area contributed by atoms with Crippen molar-refractivity contribution in [2.24, 2.45) is 11.8 Å². The van der Waals surface area contributed by atoms with Gasteiger partial charge in [-0.3, -0.25) is 5.32 Å². The average molecular weight is 312 g/mol. The molecule has 3 rings (SSSR count). The molecule has 1 aromatic carbocycles. The SMILES string of the molecule is C=CCNC(C#N)c1ccc(OC)c(OC2CC3CCC2C3)c1. The highest BCUT2D eigenvalue weighted by Gasteiger charge is 2.41. The van der Waals surface area contributed by atoms with Gasteiger partial charge in [0.25, 0.3) is 0 Å². The van der Waals surface area contributed by atoms with Crippen molar-refractivity contribution in [1.82, 2.24) is 5.32 Å². The first-order valence-electron chi connectivity index (χ1n) is 8.33. The van der Waals surface area contributed by atoms with Crippen LogP contribution in [-0.4, -0.2) is 19.8 Å². The van der Waals surface area contributed by atoms with Crippen molar-refractivity contribution in [1.29, 1.82) is 5.26 Å². The summed E-state index contributed by atoms with van der Waals surface area (Å²) in [5.41, 5.74) is 0.897. The second-order valence-corrected chi connectivity index (χ2v) is 6.50. The summed E-state index contributed by atoms with van der Waals surface area (Å²) in [5, 5.41) is 12.5. The first-order chi connectivity index (χ1) is 11.2. The van der Waals surface area contributed by atoms with Crippen LogP contribution in [0.4, 0.5) is 0 Å². The van der Waals surface area contributed by atoms with Crippen LogP contribution in [0.1, 0.15) is 37.3 Å². The Bertz CT molecular complexity index is 608. The molecule has 0 amide bonds. The summed E-state index contributed by atoms with van der Waals surface area (Å²) in [6.45, 7) is 4.27. The summed E-state index contributed by atoms with van der Waals surface area (Å²) in [6, 6.07) is 7.65. The fourth-order valence-corrected chi connectivity index (χ4v) is 3.90. The summed E-state index contributed by atoms with van der Waals surface area (Å²) in [7, 11) is 1.65. The second-order valence-electron chi connectivity index (χ2n) is 6.50. The monoisotopic (exact) mass is 312 g/mol. The third-order valence-electron chi connectivity index (χ3n) is 5.07. The number of benzene rings is 1. The Morgan fingerprint density at radius 2 is 2.26 bits per heavy atom. The van der Waals surface area contributed by atoms with Crippen molar-refractivity contribution in [3.8, 4) is 17.6 Å². The molecule has 4 unspecified atom stereocenters. The largest absolute Gasteiger partial charge is 0.493 e. The molecule has 122 valence electrons. The molecular weight excluding hydrogens is 288 g/mol. The number of ether oxygens (including phenoxy) is 2. The van der Waals surface area contributed by atoms with Crippen molar-refractivity contribution in [3.05, 3.63) is 36.4 Å². The lowest BCUT2D eigenvalue weighted by atomic mass is 9.97. The van der Waals surface area contributed by atoms with E-state index in [1.165, 1.54) is 19.3 Å². The standard InChI is InChI=1S/C19H24N2O2/c1-3-8-21-16(12-20)14-6-7-17(22-2)19(11-14)23-18-10-13-4-5-15(18)9-13/h3,6-7,11,13,15-16,18,21H,1,4-5,8-10H2,2H3. The van der Waals surface area contributed by atoms with Gasteiger partial charge in [0.2, 0.25) is 0 Å². The molecule has 2 saturated carbocycles. The van der Waals surface area contributed by atoms with Crippen LogP contribution in [0.15, 0.2) is 30.9 Å². The molecule has 0 heterocycles. The van der Waals surface area contributed by atoms with Gasteiger partial charge < -0.3 is 9.47 Å². The van der Waals surface area contributed by atoms with Crippen LogP contribution in [0.3, 0.4) is 0 Å². The van der Waals surface area contributed by atoms with E-state index in [0.717, 1.165) is 29.4 Å². The van der Waals surface area contributed by atoms with E-state index in [0.29, 0.717) is 18.6 Å². The molecule has 0 spiro atoms. The predicted octanol–water partition coefficient (Wildman–Crippen LogP) is 3.60. The van der Waals surface area contributed by atoms with Crippen molar-refractivity contribution in [3.63, 3.8) is 0 Å². The van der Waals surface area contributed by atoms with Crippen LogP contribution in [0.2, 0.25) is 0 Å². The highest BCUT2D eigenvalue weighted by atomic mass is 16.5. The van der Waals surface area contributed by atoms with Crippen LogP contribution in [0.5, 0.6) is 11.5 Å². The third kappa shape index (κ3) is 3.35. The van der Waals surface area contributed by atoms with Gasteiger partial charge in [-0.1, -0.05) is 12.1 Å². The molecule has 4 atom stereocenters. The molecule has 2 aliphatic rings. The quantitative estimate of drug-likeness (QED) is 0.782. The summed E-state index contributed by atoms with van der Waals surface area (Å²) in [6.07, 6.45) is 7.12. The third-order valence-corrected chi connectivity index (χ3v) is 5.07. The number of nitriles is 1. The maximum Gasteiger partial charge on any atom is 0.161 e. The molecule has 4 heteroatoms. The van der Waals surface area contributed by atoms with Crippen molar-refractivity contribution in [2.45, 2.75) is 37.8 Å². The molecule has 0 aliphatic heterocycles. The molecule has 1 N–H and O–H groups in total. The highest BCUT2D eigenvalue weighted by Crippen LogP contribution is 2.47. The number of fused-ring (bicyclic) bond motifs is 2. The fraction of sp³-hybridized carbons (Fsp3) is 0.526. The minimum Gasteiger partial charge on any atom is -0.493 e. The first kappa shape index (κ1) is 15.9. The average Bonchev–Trinajstić information content (AvgIpc) is 3.19. The number of hydrogen-bond acceptors (Lipinski definition) is 4. The lowest BCUT2D eigenvalue weighted by Crippen LogP contribution is -2.24. The fourth-order valence-electron chi connectivity index (χ4n) is 3.90. The first-order valence-corrected chi connectivity index (χ1v) is 8.33. The van der Waals surface area contributed by atoms with E-state index >= 15 is 0 Å². The topological polar surface area (TPSA) is 54.3 Å². The Kier molecular flexibility index (Phi) is 4.88. The van der Waals surface area contributed by atoms with Crippen LogP contribution >= 0.6 is 0 Å². The number of nitrogens with zero attached hydrogens (tertiary/aromatic N) is 1. The zero-order valence-corrected chi connectivity index (χ0v) is 13.6. The van der Waals surface area contributed by atoms with Gasteiger partial charge in [-0.05, 0) is 55.2 Å². The minimum absolute atomic E-state index is 0.291. The zero-order valence-electron chi connectivity index (χ0n) is 13.6. The molecule has 2 bridgehead atoms. The Morgan fingerprint density at radius 3 is 2.87 bits per heavy atom. The smallest absolute Gasteiger partial charge is 0.161 e. The van der Waals surface area contributed by atoms with E-state index in [2.05, 4.69) is 18.0 Å². The van der Waals surface area contributed by atoms with Gasteiger partial charge in [-0.15, -0.1) is 6.58 Å². The van der Waals surface area contributed by atoms with Crippen LogP contribution in [0, 0.1) is 23.2 Å². The van der Waals surface area contributed by atoms with Crippen molar-refractivity contribution in [2.75, 3.05) is 13.7 Å². The normalized spacial score (nSPS) is 26.5. The van der Waals surface area contributed by atoms with E-state index in [1.54, 1.807) is 13.2 Å². The number of hydrogen-bond donors (Lipinski definition) is 1. The molecule has 4 nitrogen and oxygen atoms in total. The predicted molar refractivity (Wildman–Crippen MR) is 89.4 cm³/mol.